The van der Waals surface area contributed by atoms with Crippen LogP contribution in [0.25, 0.3) is 0 Å². The Morgan fingerprint density at radius 1 is 1.00 bits per heavy atom. The van der Waals surface area contributed by atoms with Gasteiger partial charge in [0.15, 0.2) is 0 Å². The predicted octanol–water partition coefficient (Wildman–Crippen LogP) is 4.17. The first-order chi connectivity index (χ1) is 12.2. The summed E-state index contributed by atoms with van der Waals surface area (Å²) in [4.78, 5) is 23.0. The fourth-order valence-electron chi connectivity index (χ4n) is 1.69. The summed E-state index contributed by atoms with van der Waals surface area (Å²) in [5.41, 5.74) is -0.203. The average molecular weight is 404 g/mol. The molecule has 4 nitrogen and oxygen atoms in total. The smallest absolute Gasteiger partial charge is 0.460 e. The van der Waals surface area contributed by atoms with E-state index in [9.17, 15) is 40.3 Å². The van der Waals surface area contributed by atoms with Crippen molar-refractivity contribution in [3.05, 3.63) is 29.8 Å². The average Bonchev–Trinajstić information content (AvgIpc) is 2.53. The van der Waals surface area contributed by atoms with Gasteiger partial charge < -0.3 is 9.47 Å². The number of hydrogen-bond donors (Lipinski definition) is 0. The molecule has 0 aliphatic heterocycles. The molecule has 0 saturated carbocycles. The third-order valence-electron chi connectivity index (χ3n) is 3.09. The normalized spacial score (nSPS) is 12.8. The molecule has 152 valence electrons. The first kappa shape index (κ1) is 22.7. The molecule has 0 N–H and O–H groups in total. The number of carbonyl (C=O) groups excluding carboxylic acids is 2. The van der Waals surface area contributed by atoms with Gasteiger partial charge in [0, 0.05) is 5.56 Å². The number of para-hydroxylation sites is 1. The van der Waals surface area contributed by atoms with Gasteiger partial charge in [-0.3, -0.25) is 4.79 Å². The van der Waals surface area contributed by atoms with Gasteiger partial charge in [-0.25, -0.2) is 4.79 Å². The molecule has 27 heavy (non-hydrogen) atoms. The summed E-state index contributed by atoms with van der Waals surface area (Å²) in [6.07, 6.45) is -7.24. The predicted molar refractivity (Wildman–Crippen MR) is 77.5 cm³/mol. The third-order valence-corrected chi connectivity index (χ3v) is 3.09. The number of esters is 2. The van der Waals surface area contributed by atoms with Crippen molar-refractivity contribution < 1.29 is 49.8 Å². The van der Waals surface area contributed by atoms with Crippen LogP contribution in [0.3, 0.4) is 0 Å². The second kappa shape index (κ2) is 8.13. The number of benzene rings is 1. The second-order valence-corrected chi connectivity index (χ2v) is 5.90. The highest BCUT2D eigenvalue weighted by Gasteiger charge is 2.77. The molecule has 0 aliphatic rings. The van der Waals surface area contributed by atoms with Gasteiger partial charge in [-0.1, -0.05) is 32.0 Å². The molecule has 0 aliphatic carbocycles. The minimum Gasteiger partial charge on any atom is -0.465 e. The van der Waals surface area contributed by atoms with Gasteiger partial charge in [0.2, 0.25) is 0 Å². The monoisotopic (exact) mass is 404 g/mol. The third kappa shape index (κ3) is 5.33. The van der Waals surface area contributed by atoms with Crippen LogP contribution in [0.15, 0.2) is 24.3 Å². The van der Waals surface area contributed by atoms with E-state index in [1.165, 1.54) is 6.07 Å². The van der Waals surface area contributed by atoms with Gasteiger partial charge in [-0.15, -0.1) is 0 Å². The number of carbonyl (C=O) groups is 2. The molecule has 0 heterocycles. The first-order valence-electron chi connectivity index (χ1n) is 7.48. The minimum atomic E-state index is -6.67. The van der Waals surface area contributed by atoms with Crippen molar-refractivity contribution in [1.29, 1.82) is 0 Å². The molecule has 0 saturated heterocycles. The van der Waals surface area contributed by atoms with E-state index in [0.717, 1.165) is 18.2 Å². The van der Waals surface area contributed by atoms with E-state index in [2.05, 4.69) is 4.74 Å². The van der Waals surface area contributed by atoms with E-state index in [4.69, 9.17) is 4.74 Å². The molecule has 11 heteroatoms. The SMILES string of the molecule is CC(C)COC(=O)Cc1ccccc1OC(=O)C(F)(F)C(F)(F)C(F)(F)F. The molecule has 1 aromatic rings. The van der Waals surface area contributed by atoms with Crippen LogP contribution >= 0.6 is 0 Å². The molecule has 0 fully saturated rings. The molecule has 0 bridgehead atoms. The molecular weight excluding hydrogens is 389 g/mol. The van der Waals surface area contributed by atoms with Crippen LogP contribution in [0.2, 0.25) is 0 Å². The van der Waals surface area contributed by atoms with Gasteiger partial charge in [-0.2, -0.15) is 30.7 Å². The molecule has 0 amide bonds. The summed E-state index contributed by atoms with van der Waals surface area (Å²) in [5.74, 6) is -17.5. The van der Waals surface area contributed by atoms with Crippen molar-refractivity contribution in [3.63, 3.8) is 0 Å². The van der Waals surface area contributed by atoms with Gasteiger partial charge in [0.05, 0.1) is 13.0 Å². The van der Waals surface area contributed by atoms with E-state index in [1.807, 2.05) is 0 Å². The van der Waals surface area contributed by atoms with Gasteiger partial charge in [-0.05, 0) is 12.0 Å². The zero-order valence-electron chi connectivity index (χ0n) is 14.1. The highest BCUT2D eigenvalue weighted by molar-refractivity contribution is 5.82. The van der Waals surface area contributed by atoms with Crippen LogP contribution in [0, 0.1) is 5.92 Å². The number of halogens is 7. The summed E-state index contributed by atoms with van der Waals surface area (Å²) in [5, 5.41) is 0. The van der Waals surface area contributed by atoms with E-state index < -0.39 is 42.1 Å². The summed E-state index contributed by atoms with van der Waals surface area (Å²) >= 11 is 0. The molecule has 0 unspecified atom stereocenters. The van der Waals surface area contributed by atoms with Crippen molar-refractivity contribution in [2.45, 2.75) is 38.3 Å². The van der Waals surface area contributed by atoms with Crippen LogP contribution in [-0.4, -0.2) is 36.6 Å². The number of hydrogen-bond acceptors (Lipinski definition) is 4. The lowest BCUT2D eigenvalue weighted by atomic mass is 10.1. The fraction of sp³-hybridized carbons (Fsp3) is 0.500. The van der Waals surface area contributed by atoms with E-state index >= 15 is 0 Å². The molecular formula is C16H15F7O4. The Bertz CT molecular complexity index is 684. The van der Waals surface area contributed by atoms with Crippen molar-refractivity contribution in [3.8, 4) is 5.75 Å². The molecule has 0 atom stereocenters. The summed E-state index contributed by atoms with van der Waals surface area (Å²) in [6.45, 7) is 3.52. The Morgan fingerprint density at radius 2 is 1.56 bits per heavy atom. The lowest BCUT2D eigenvalue weighted by Crippen LogP contribution is -2.57. The standard InChI is InChI=1S/C16H15F7O4/c1-9(2)8-26-12(24)7-10-5-3-4-6-11(10)27-13(25)14(17,18)15(19,20)16(21,22)23/h3-6,9H,7-8H2,1-2H3. The van der Waals surface area contributed by atoms with Crippen molar-refractivity contribution in [2.24, 2.45) is 5.92 Å². The van der Waals surface area contributed by atoms with Gasteiger partial charge in [0.25, 0.3) is 0 Å². The topological polar surface area (TPSA) is 52.6 Å². The molecule has 0 spiro atoms. The maximum Gasteiger partial charge on any atom is 0.460 e. The molecule has 0 radical (unpaired) electrons. The second-order valence-electron chi connectivity index (χ2n) is 5.90. The Kier molecular flexibility index (Phi) is 6.84. The van der Waals surface area contributed by atoms with E-state index in [-0.39, 0.29) is 18.1 Å². The quantitative estimate of drug-likeness (QED) is 0.389. The number of alkyl halides is 7. The molecule has 0 aromatic heterocycles. The van der Waals surface area contributed by atoms with Crippen molar-refractivity contribution in [2.75, 3.05) is 6.61 Å². The Labute approximate surface area is 149 Å². The van der Waals surface area contributed by atoms with Crippen LogP contribution in [0.4, 0.5) is 30.7 Å². The maximum atomic E-state index is 13.3. The summed E-state index contributed by atoms with van der Waals surface area (Å²) < 4.78 is 97.8. The first-order valence-corrected chi connectivity index (χ1v) is 7.48. The Morgan fingerprint density at radius 3 is 2.07 bits per heavy atom. The van der Waals surface area contributed by atoms with Gasteiger partial charge >= 0.3 is 30.0 Å². The lowest BCUT2D eigenvalue weighted by Gasteiger charge is -2.26. The summed E-state index contributed by atoms with van der Waals surface area (Å²) in [7, 11) is 0. The largest absolute Gasteiger partial charge is 0.465 e. The van der Waals surface area contributed by atoms with Crippen LogP contribution in [0.1, 0.15) is 19.4 Å². The minimum absolute atomic E-state index is 0.00897. The van der Waals surface area contributed by atoms with Crippen LogP contribution < -0.4 is 4.74 Å². The number of ether oxygens (including phenoxy) is 2. The van der Waals surface area contributed by atoms with Crippen molar-refractivity contribution >= 4 is 11.9 Å². The number of rotatable bonds is 7. The lowest BCUT2D eigenvalue weighted by molar-refractivity contribution is -0.346. The van der Waals surface area contributed by atoms with Gasteiger partial charge in [0.1, 0.15) is 5.75 Å². The highest BCUT2D eigenvalue weighted by Crippen LogP contribution is 2.47. The zero-order chi connectivity index (χ0) is 21.0. The summed E-state index contributed by atoms with van der Waals surface area (Å²) in [6, 6.07) is 4.46. The van der Waals surface area contributed by atoms with Crippen molar-refractivity contribution in [1.82, 2.24) is 0 Å². The van der Waals surface area contributed by atoms with E-state index in [0.29, 0.717) is 0 Å². The highest BCUT2D eigenvalue weighted by atomic mass is 19.4. The fourth-order valence-corrected chi connectivity index (χ4v) is 1.69. The zero-order valence-corrected chi connectivity index (χ0v) is 14.1. The molecule has 1 rings (SSSR count). The van der Waals surface area contributed by atoms with E-state index in [1.54, 1.807) is 13.8 Å². The van der Waals surface area contributed by atoms with Crippen LogP contribution in [-0.2, 0) is 20.7 Å². The Hall–Kier alpha value is -2.33. The Balaban J connectivity index is 2.99. The maximum absolute atomic E-state index is 13.3. The molecule has 1 aromatic carbocycles. The van der Waals surface area contributed by atoms with Crippen LogP contribution in [0.5, 0.6) is 5.75 Å².